The Bertz CT molecular complexity index is 2250. The van der Waals surface area contributed by atoms with E-state index in [1.807, 2.05) is 41.3 Å². The van der Waals surface area contributed by atoms with E-state index in [0.29, 0.717) is 42.3 Å². The number of piperidine rings is 2. The number of imide groups is 2. The van der Waals surface area contributed by atoms with Crippen molar-refractivity contribution in [1.82, 2.24) is 24.9 Å². The third-order valence-corrected chi connectivity index (χ3v) is 13.3. The maximum Gasteiger partial charge on any atom is 0.262 e. The summed E-state index contributed by atoms with van der Waals surface area (Å²) < 4.78 is 0. The average molecular weight is 803 g/mol. The van der Waals surface area contributed by atoms with Crippen molar-refractivity contribution in [1.29, 1.82) is 5.26 Å². The van der Waals surface area contributed by atoms with Crippen molar-refractivity contribution in [3.05, 3.63) is 93.0 Å². The first-order valence-corrected chi connectivity index (χ1v) is 20.3. The quantitative estimate of drug-likeness (QED) is 0.367. The van der Waals surface area contributed by atoms with E-state index in [0.717, 1.165) is 85.9 Å². The standard InChI is InChI=1S/C43H43ClN8O6/c44-35-21-32(6-3-28(35)22-45)48-12-9-43(10-13-48)11-14-50(26-43)40(56)27-1-4-31(5-2-27)49-17-15-47(16-18-49)25-38(54)51-23-29-19-33-34(20-30(29)24-51)42(58)52(41(33)57)36-7-8-37(53)46-39(36)55/h1-6,19-21,36H,7-18,23-26H2,(H,46,53,55). The molecule has 1 N–H and O–H groups in total. The van der Waals surface area contributed by atoms with Crippen LogP contribution in [0.4, 0.5) is 11.4 Å². The van der Waals surface area contributed by atoms with Crippen molar-refractivity contribution < 1.29 is 28.8 Å². The second kappa shape index (κ2) is 14.9. The zero-order chi connectivity index (χ0) is 40.3. The summed E-state index contributed by atoms with van der Waals surface area (Å²) in [6.07, 6.45) is 3.15. The molecule has 9 rings (SSSR count). The van der Waals surface area contributed by atoms with Crippen LogP contribution < -0.4 is 15.1 Å². The summed E-state index contributed by atoms with van der Waals surface area (Å²) in [7, 11) is 0. The number of halogens is 1. The Kier molecular flexibility index (Phi) is 9.68. The van der Waals surface area contributed by atoms with Gasteiger partial charge in [-0.1, -0.05) is 11.6 Å². The van der Waals surface area contributed by atoms with E-state index < -0.39 is 29.7 Å². The van der Waals surface area contributed by atoms with Crippen LogP contribution in [0.15, 0.2) is 54.6 Å². The molecule has 3 aromatic rings. The lowest BCUT2D eigenvalue weighted by Gasteiger charge is -2.40. The van der Waals surface area contributed by atoms with Crippen LogP contribution in [-0.2, 0) is 27.5 Å². The molecule has 1 atom stereocenters. The van der Waals surface area contributed by atoms with Crippen LogP contribution in [0.25, 0.3) is 0 Å². The van der Waals surface area contributed by atoms with E-state index in [1.54, 1.807) is 23.1 Å². The molecule has 14 nitrogen and oxygen atoms in total. The number of hydrogen-bond donors (Lipinski definition) is 1. The zero-order valence-corrected chi connectivity index (χ0v) is 32.8. The largest absolute Gasteiger partial charge is 0.371 e. The van der Waals surface area contributed by atoms with Crippen LogP contribution in [-0.4, -0.2) is 120 Å². The van der Waals surface area contributed by atoms with Crippen LogP contribution >= 0.6 is 11.6 Å². The van der Waals surface area contributed by atoms with Gasteiger partial charge in [0.2, 0.25) is 17.7 Å². The van der Waals surface area contributed by atoms with Gasteiger partial charge >= 0.3 is 0 Å². The molecule has 0 aromatic heterocycles. The van der Waals surface area contributed by atoms with Gasteiger partial charge in [-0.3, -0.25) is 43.9 Å². The minimum Gasteiger partial charge on any atom is -0.371 e. The maximum absolute atomic E-state index is 13.6. The number of anilines is 2. The van der Waals surface area contributed by atoms with Crippen molar-refractivity contribution in [2.75, 3.05) is 68.7 Å². The van der Waals surface area contributed by atoms with Crippen molar-refractivity contribution in [2.24, 2.45) is 5.41 Å². The lowest BCUT2D eigenvalue weighted by Crippen LogP contribution is -2.54. The third-order valence-electron chi connectivity index (χ3n) is 13.0. The first kappa shape index (κ1) is 37.8. The summed E-state index contributed by atoms with van der Waals surface area (Å²) >= 11 is 6.29. The zero-order valence-electron chi connectivity index (χ0n) is 32.0. The lowest BCUT2D eigenvalue weighted by atomic mass is 9.77. The van der Waals surface area contributed by atoms with Crippen molar-refractivity contribution >= 4 is 58.4 Å². The maximum atomic E-state index is 13.6. The molecule has 58 heavy (non-hydrogen) atoms. The molecule has 4 saturated heterocycles. The Labute approximate surface area is 340 Å². The smallest absolute Gasteiger partial charge is 0.262 e. The van der Waals surface area contributed by atoms with Gasteiger partial charge in [0.25, 0.3) is 17.7 Å². The molecule has 15 heteroatoms. The Morgan fingerprint density at radius 2 is 1.40 bits per heavy atom. The summed E-state index contributed by atoms with van der Waals surface area (Å²) in [5.74, 6) is -2.13. The lowest BCUT2D eigenvalue weighted by molar-refractivity contribution is -0.136. The highest BCUT2D eigenvalue weighted by atomic mass is 35.5. The Hall–Kier alpha value is -5.78. The van der Waals surface area contributed by atoms with Crippen molar-refractivity contribution in [3.63, 3.8) is 0 Å². The summed E-state index contributed by atoms with van der Waals surface area (Å²) in [6.45, 7) is 7.08. The fraction of sp³-hybridized carbons (Fsp3) is 0.419. The Morgan fingerprint density at radius 1 is 0.776 bits per heavy atom. The predicted molar refractivity (Wildman–Crippen MR) is 213 cm³/mol. The number of rotatable bonds is 6. The predicted octanol–water partition coefficient (Wildman–Crippen LogP) is 3.41. The topological polar surface area (TPSA) is 158 Å². The molecule has 3 aromatic carbocycles. The summed E-state index contributed by atoms with van der Waals surface area (Å²) in [4.78, 5) is 89.1. The van der Waals surface area contributed by atoms with E-state index in [9.17, 15) is 34.0 Å². The monoisotopic (exact) mass is 802 g/mol. The molecule has 6 aliphatic rings. The highest BCUT2D eigenvalue weighted by Crippen LogP contribution is 2.42. The number of nitrogens with one attached hydrogen (secondary N) is 1. The minimum atomic E-state index is -1.02. The second-order valence-corrected chi connectivity index (χ2v) is 16.8. The van der Waals surface area contributed by atoms with Gasteiger partial charge in [-0.05, 0) is 96.8 Å². The number of fused-ring (bicyclic) bond motifs is 2. The Balaban J connectivity index is 0.738. The van der Waals surface area contributed by atoms with Gasteiger partial charge in [-0.2, -0.15) is 5.26 Å². The van der Waals surface area contributed by atoms with Crippen LogP contribution in [0.2, 0.25) is 5.02 Å². The molecule has 6 amide bonds. The number of piperazine rings is 1. The first-order valence-electron chi connectivity index (χ1n) is 20.0. The normalized spacial score (nSPS) is 21.7. The van der Waals surface area contributed by atoms with Gasteiger partial charge in [0, 0.05) is 88.8 Å². The number of hydrogen-bond acceptors (Lipinski definition) is 10. The van der Waals surface area contributed by atoms with Crippen LogP contribution in [0, 0.1) is 16.7 Å². The number of amides is 6. The number of carbonyl (C=O) groups excluding carboxylic acids is 6. The molecule has 0 radical (unpaired) electrons. The van der Waals surface area contributed by atoms with Crippen LogP contribution in [0.3, 0.4) is 0 Å². The molecular weight excluding hydrogens is 760 g/mol. The minimum absolute atomic E-state index is 0.0269. The van der Waals surface area contributed by atoms with E-state index >= 15 is 0 Å². The van der Waals surface area contributed by atoms with Gasteiger partial charge in [0.1, 0.15) is 12.1 Å². The molecule has 0 bridgehead atoms. The van der Waals surface area contributed by atoms with Crippen molar-refractivity contribution in [3.8, 4) is 6.07 Å². The molecule has 4 fully saturated rings. The summed E-state index contributed by atoms with van der Waals surface area (Å²) in [5.41, 5.74) is 5.41. The number of nitriles is 1. The number of benzene rings is 3. The molecule has 298 valence electrons. The van der Waals surface area contributed by atoms with Gasteiger partial charge in [-0.15, -0.1) is 0 Å². The van der Waals surface area contributed by atoms with Gasteiger partial charge < -0.3 is 19.6 Å². The van der Waals surface area contributed by atoms with Gasteiger partial charge in [0.05, 0.1) is 28.3 Å². The SMILES string of the molecule is N#Cc1ccc(N2CCC3(CCN(C(=O)c4ccc(N5CCN(CC(=O)N6Cc7cc8c(cc7C6)C(=O)N(C6CCC(=O)NC6=O)C8=O)CC5)cc4)C3)CC2)cc1Cl. The van der Waals surface area contributed by atoms with E-state index in [2.05, 4.69) is 26.1 Å². The van der Waals surface area contributed by atoms with Gasteiger partial charge in [0.15, 0.2) is 0 Å². The van der Waals surface area contributed by atoms with Crippen LogP contribution in [0.5, 0.6) is 0 Å². The molecular formula is C43H43ClN8O6. The number of likely N-dealkylation sites (tertiary alicyclic amines) is 1. The average Bonchev–Trinajstić information content (AvgIpc) is 3.91. The number of carbonyl (C=O) groups is 6. The molecule has 0 saturated carbocycles. The molecule has 6 aliphatic heterocycles. The molecule has 1 spiro atoms. The summed E-state index contributed by atoms with van der Waals surface area (Å²) in [5, 5.41) is 11.9. The highest BCUT2D eigenvalue weighted by Gasteiger charge is 2.46. The first-order chi connectivity index (χ1) is 28.0. The molecule has 6 heterocycles. The van der Waals surface area contributed by atoms with E-state index in [1.165, 1.54) is 0 Å². The third kappa shape index (κ3) is 6.86. The molecule has 0 aliphatic carbocycles. The molecule has 1 unspecified atom stereocenters. The summed E-state index contributed by atoms with van der Waals surface area (Å²) in [6, 6.07) is 17.9. The Morgan fingerprint density at radius 3 is 2.02 bits per heavy atom. The highest BCUT2D eigenvalue weighted by molar-refractivity contribution is 6.32. The second-order valence-electron chi connectivity index (χ2n) is 16.4. The van der Waals surface area contributed by atoms with Gasteiger partial charge in [-0.25, -0.2) is 0 Å². The fourth-order valence-electron chi connectivity index (χ4n) is 9.54. The number of nitrogens with zero attached hydrogens (tertiary/aromatic N) is 7. The van der Waals surface area contributed by atoms with E-state index in [-0.39, 0.29) is 47.7 Å². The van der Waals surface area contributed by atoms with E-state index in [4.69, 9.17) is 11.6 Å². The van der Waals surface area contributed by atoms with Crippen LogP contribution in [0.1, 0.15) is 79.9 Å². The van der Waals surface area contributed by atoms with Crippen molar-refractivity contribution in [2.45, 2.75) is 51.2 Å². The fourth-order valence-corrected chi connectivity index (χ4v) is 9.76.